The van der Waals surface area contributed by atoms with Gasteiger partial charge in [0.1, 0.15) is 0 Å². The number of benzene rings is 2. The molecule has 2 nitrogen and oxygen atoms in total. The van der Waals surface area contributed by atoms with Gasteiger partial charge in [-0.15, -0.1) is 11.6 Å². The highest BCUT2D eigenvalue weighted by Gasteiger charge is 2.07. The van der Waals surface area contributed by atoms with Crippen molar-refractivity contribution in [2.45, 2.75) is 5.88 Å². The Morgan fingerprint density at radius 2 is 1.89 bits per heavy atom. The van der Waals surface area contributed by atoms with Gasteiger partial charge in [0.05, 0.1) is 0 Å². The van der Waals surface area contributed by atoms with E-state index in [9.17, 15) is 4.79 Å². The molecule has 0 fully saturated rings. The topological polar surface area (TPSA) is 29.1 Å². The summed E-state index contributed by atoms with van der Waals surface area (Å²) in [6.07, 6.45) is 0. The minimum Gasteiger partial charge on any atom is -0.322 e. The van der Waals surface area contributed by atoms with Crippen molar-refractivity contribution in [3.05, 3.63) is 61.6 Å². The Bertz CT molecular complexity index is 601. The quantitative estimate of drug-likeness (QED) is 0.515. The second-order valence-corrected chi connectivity index (χ2v) is 6.20. The van der Waals surface area contributed by atoms with Crippen molar-refractivity contribution in [3.8, 4) is 0 Å². The minimum absolute atomic E-state index is 0.126. The maximum Gasteiger partial charge on any atom is 0.255 e. The normalized spacial score (nSPS) is 10.3. The maximum absolute atomic E-state index is 12.1. The number of nitrogens with one attached hydrogen (secondary N) is 1. The molecule has 2 aromatic carbocycles. The summed E-state index contributed by atoms with van der Waals surface area (Å²) in [5, 5.41) is 2.87. The largest absolute Gasteiger partial charge is 0.322 e. The summed E-state index contributed by atoms with van der Waals surface area (Å²) < 4.78 is 2.06. The minimum atomic E-state index is -0.126. The molecular weight excluding hydrogens is 440 g/mol. The van der Waals surface area contributed by atoms with E-state index in [4.69, 9.17) is 11.6 Å². The fraction of sp³-hybridized carbons (Fsp3) is 0.0714. The van der Waals surface area contributed by atoms with E-state index >= 15 is 0 Å². The van der Waals surface area contributed by atoms with E-state index in [1.165, 1.54) is 0 Å². The van der Waals surface area contributed by atoms with E-state index in [1.54, 1.807) is 12.1 Å². The van der Waals surface area contributed by atoms with Crippen molar-refractivity contribution in [2.24, 2.45) is 0 Å². The predicted molar refractivity (Wildman–Crippen MR) is 90.8 cm³/mol. The number of carbonyl (C=O) groups excluding carboxylic acids is 1. The molecule has 0 unspecified atom stereocenters. The number of rotatable bonds is 3. The summed E-state index contributed by atoms with van der Waals surface area (Å²) in [4.78, 5) is 12.1. The lowest BCUT2D eigenvalue weighted by molar-refractivity contribution is 0.102. The number of alkyl halides is 1. The average molecular weight is 451 g/mol. The SMILES string of the molecule is O=C(Nc1ccc(Br)c(I)c1)c1ccc(CCl)cc1. The van der Waals surface area contributed by atoms with Gasteiger partial charge in [-0.2, -0.15) is 0 Å². The van der Waals surface area contributed by atoms with Crippen molar-refractivity contribution < 1.29 is 4.79 Å². The molecule has 0 atom stereocenters. The van der Waals surface area contributed by atoms with Crippen LogP contribution in [0.3, 0.4) is 0 Å². The van der Waals surface area contributed by atoms with Crippen molar-refractivity contribution >= 4 is 61.7 Å². The maximum atomic E-state index is 12.1. The van der Waals surface area contributed by atoms with Crippen LogP contribution >= 0.6 is 50.1 Å². The molecule has 0 heterocycles. The van der Waals surface area contributed by atoms with Crippen LogP contribution in [0.1, 0.15) is 15.9 Å². The van der Waals surface area contributed by atoms with Crippen molar-refractivity contribution in [2.75, 3.05) is 5.32 Å². The molecule has 19 heavy (non-hydrogen) atoms. The summed E-state index contributed by atoms with van der Waals surface area (Å²) in [6, 6.07) is 12.9. The molecule has 0 aliphatic carbocycles. The van der Waals surface area contributed by atoms with Gasteiger partial charge in [-0.05, 0) is 74.4 Å². The zero-order chi connectivity index (χ0) is 13.8. The van der Waals surface area contributed by atoms with Crippen LogP contribution in [0.2, 0.25) is 0 Å². The Labute approximate surface area is 138 Å². The monoisotopic (exact) mass is 449 g/mol. The van der Waals surface area contributed by atoms with Crippen LogP contribution in [-0.2, 0) is 5.88 Å². The van der Waals surface area contributed by atoms with E-state index < -0.39 is 0 Å². The molecule has 0 radical (unpaired) electrons. The Balaban J connectivity index is 2.13. The molecule has 5 heteroatoms. The first-order chi connectivity index (χ1) is 9.10. The highest BCUT2D eigenvalue weighted by molar-refractivity contribution is 14.1. The number of anilines is 1. The Morgan fingerprint density at radius 1 is 1.21 bits per heavy atom. The number of carbonyl (C=O) groups is 1. The Hall–Kier alpha value is -0.590. The predicted octanol–water partition coefficient (Wildman–Crippen LogP) is 5.04. The van der Waals surface area contributed by atoms with Crippen LogP contribution < -0.4 is 5.32 Å². The van der Waals surface area contributed by atoms with Crippen LogP contribution in [-0.4, -0.2) is 5.91 Å². The second kappa shape index (κ2) is 6.72. The molecule has 2 aromatic rings. The summed E-state index contributed by atoms with van der Waals surface area (Å²) in [5.74, 6) is 0.325. The molecule has 0 aliphatic rings. The van der Waals surface area contributed by atoms with Gasteiger partial charge in [-0.25, -0.2) is 0 Å². The lowest BCUT2D eigenvalue weighted by Gasteiger charge is -2.07. The van der Waals surface area contributed by atoms with Gasteiger partial charge in [0, 0.05) is 25.2 Å². The number of hydrogen-bond donors (Lipinski definition) is 1. The molecule has 0 saturated heterocycles. The molecule has 1 amide bonds. The fourth-order valence-corrected chi connectivity index (χ4v) is 2.46. The van der Waals surface area contributed by atoms with E-state index in [1.807, 2.05) is 30.3 Å². The number of halogens is 3. The molecule has 1 N–H and O–H groups in total. The summed E-state index contributed by atoms with van der Waals surface area (Å²) >= 11 is 11.3. The van der Waals surface area contributed by atoms with E-state index in [2.05, 4.69) is 43.8 Å². The number of hydrogen-bond acceptors (Lipinski definition) is 1. The first kappa shape index (κ1) is 14.8. The molecule has 0 spiro atoms. The van der Waals surface area contributed by atoms with Gasteiger partial charge in [0.2, 0.25) is 0 Å². The molecule has 0 bridgehead atoms. The third-order valence-electron chi connectivity index (χ3n) is 2.55. The van der Waals surface area contributed by atoms with Crippen LogP contribution in [0, 0.1) is 3.57 Å². The summed E-state index contributed by atoms with van der Waals surface area (Å²) in [6.45, 7) is 0. The van der Waals surface area contributed by atoms with Gasteiger partial charge in [-0.1, -0.05) is 12.1 Å². The molecule has 2 rings (SSSR count). The lowest BCUT2D eigenvalue weighted by atomic mass is 10.1. The second-order valence-electron chi connectivity index (χ2n) is 3.91. The number of amides is 1. The van der Waals surface area contributed by atoms with Crippen LogP contribution in [0.25, 0.3) is 0 Å². The highest BCUT2D eigenvalue weighted by Crippen LogP contribution is 2.23. The first-order valence-corrected chi connectivity index (χ1v) is 7.92. The van der Waals surface area contributed by atoms with Gasteiger partial charge in [-0.3, -0.25) is 4.79 Å². The lowest BCUT2D eigenvalue weighted by Crippen LogP contribution is -2.11. The molecule has 98 valence electrons. The Kier molecular flexibility index (Phi) is 5.24. The standard InChI is InChI=1S/C14H10BrClINO/c15-12-6-5-11(7-13(12)17)18-14(19)10-3-1-9(8-16)2-4-10/h1-7H,8H2,(H,18,19). The molecule has 0 aliphatic heterocycles. The van der Waals surface area contributed by atoms with Gasteiger partial charge >= 0.3 is 0 Å². The van der Waals surface area contributed by atoms with Gasteiger partial charge in [0.15, 0.2) is 0 Å². The summed E-state index contributed by atoms with van der Waals surface area (Å²) in [7, 11) is 0. The third-order valence-corrected chi connectivity index (χ3v) is 5.18. The molecule has 0 saturated carbocycles. The fourth-order valence-electron chi connectivity index (χ4n) is 1.52. The van der Waals surface area contributed by atoms with Crippen LogP contribution in [0.5, 0.6) is 0 Å². The highest BCUT2D eigenvalue weighted by atomic mass is 127. The Morgan fingerprint density at radius 3 is 2.47 bits per heavy atom. The summed E-state index contributed by atoms with van der Waals surface area (Å²) in [5.41, 5.74) is 2.39. The van der Waals surface area contributed by atoms with Crippen LogP contribution in [0.15, 0.2) is 46.9 Å². The average Bonchev–Trinajstić information content (AvgIpc) is 2.43. The van der Waals surface area contributed by atoms with Crippen molar-refractivity contribution in [1.82, 2.24) is 0 Å². The molecular formula is C14H10BrClINO. The van der Waals surface area contributed by atoms with E-state index in [0.717, 1.165) is 19.3 Å². The first-order valence-electron chi connectivity index (χ1n) is 5.51. The van der Waals surface area contributed by atoms with Crippen molar-refractivity contribution in [3.63, 3.8) is 0 Å². The smallest absolute Gasteiger partial charge is 0.255 e. The molecule has 0 aromatic heterocycles. The van der Waals surface area contributed by atoms with E-state index in [0.29, 0.717) is 11.4 Å². The zero-order valence-electron chi connectivity index (χ0n) is 9.79. The van der Waals surface area contributed by atoms with Crippen molar-refractivity contribution in [1.29, 1.82) is 0 Å². The van der Waals surface area contributed by atoms with Crippen LogP contribution in [0.4, 0.5) is 5.69 Å². The van der Waals surface area contributed by atoms with Gasteiger partial charge in [0.25, 0.3) is 5.91 Å². The third kappa shape index (κ3) is 3.94. The van der Waals surface area contributed by atoms with Gasteiger partial charge < -0.3 is 5.32 Å². The zero-order valence-corrected chi connectivity index (χ0v) is 14.3. The van der Waals surface area contributed by atoms with E-state index in [-0.39, 0.29) is 5.91 Å².